The average molecular weight is 507 g/mol. The second kappa shape index (κ2) is 8.83. The van der Waals surface area contributed by atoms with Gasteiger partial charge in [-0.1, -0.05) is 12.1 Å². The molecule has 0 bridgehead atoms. The molecule has 14 heteroatoms. The zero-order valence-electron chi connectivity index (χ0n) is 20.2. The molecule has 4 aromatic rings. The molecule has 2 amide bonds. The van der Waals surface area contributed by atoms with Gasteiger partial charge in [0.05, 0.1) is 37.5 Å². The number of nitrogens with two attached hydrogens (primary N) is 1. The first-order chi connectivity index (χ1) is 17.6. The topological polar surface area (TPSA) is 187 Å². The van der Waals surface area contributed by atoms with E-state index in [4.69, 9.17) is 19.7 Å². The highest BCUT2D eigenvalue weighted by molar-refractivity contribution is 6.08. The number of rotatable bonds is 6. The molecular formula is C23H23N8O6-. The Morgan fingerprint density at radius 1 is 1.32 bits per heavy atom. The van der Waals surface area contributed by atoms with Gasteiger partial charge in [-0.05, 0) is 19.1 Å². The first-order valence-electron chi connectivity index (χ1n) is 11.2. The molecule has 3 aromatic heterocycles. The highest BCUT2D eigenvalue weighted by Crippen LogP contribution is 2.33. The van der Waals surface area contributed by atoms with Gasteiger partial charge in [0, 0.05) is 35.7 Å². The highest BCUT2D eigenvalue weighted by atomic mass is 16.5. The lowest BCUT2D eigenvalue weighted by atomic mass is 9.82. The lowest BCUT2D eigenvalue weighted by Crippen LogP contribution is -2.74. The maximum atomic E-state index is 13.7. The first-order valence-corrected chi connectivity index (χ1v) is 11.2. The van der Waals surface area contributed by atoms with Crippen LogP contribution in [-0.2, 0) is 14.3 Å². The third kappa shape index (κ3) is 4.01. The minimum atomic E-state index is -2.51. The molecule has 0 spiro atoms. The van der Waals surface area contributed by atoms with E-state index in [2.05, 4.69) is 25.8 Å². The Morgan fingerprint density at radius 3 is 2.92 bits per heavy atom. The summed E-state index contributed by atoms with van der Waals surface area (Å²) in [5.41, 5.74) is 2.35. The molecular weight excluding hydrogens is 484 g/mol. The normalized spacial score (nSPS) is 19.6. The first kappa shape index (κ1) is 24.1. The van der Waals surface area contributed by atoms with Gasteiger partial charge in [-0.2, -0.15) is 5.10 Å². The predicted octanol–water partition coefficient (Wildman–Crippen LogP) is 0.274. The van der Waals surface area contributed by atoms with Crippen molar-refractivity contribution in [3.8, 4) is 11.6 Å². The summed E-state index contributed by atoms with van der Waals surface area (Å²) in [6, 6.07) is 7.88. The van der Waals surface area contributed by atoms with Gasteiger partial charge in [0.1, 0.15) is 5.60 Å². The number of fused-ring (bicyclic) bond motifs is 1. The average Bonchev–Trinajstić information content (AvgIpc) is 3.53. The maximum absolute atomic E-state index is 13.7. The number of benzene rings is 1. The van der Waals surface area contributed by atoms with Crippen molar-refractivity contribution >= 4 is 40.1 Å². The Morgan fingerprint density at radius 2 is 2.14 bits per heavy atom. The molecule has 0 aliphatic carbocycles. The van der Waals surface area contributed by atoms with Gasteiger partial charge < -0.3 is 30.2 Å². The molecule has 1 saturated heterocycles. The summed E-state index contributed by atoms with van der Waals surface area (Å²) in [5, 5.41) is 32.6. The number of hydrogen-bond acceptors (Lipinski definition) is 11. The number of methoxy groups -OCH3 is 1. The van der Waals surface area contributed by atoms with E-state index in [0.29, 0.717) is 22.5 Å². The van der Waals surface area contributed by atoms with Gasteiger partial charge in [-0.15, -0.1) is 10.2 Å². The van der Waals surface area contributed by atoms with Crippen molar-refractivity contribution in [1.82, 2.24) is 25.1 Å². The van der Waals surface area contributed by atoms with Crippen molar-refractivity contribution < 1.29 is 28.7 Å². The van der Waals surface area contributed by atoms with Gasteiger partial charge in [0.15, 0.2) is 17.2 Å². The minimum Gasteiger partial charge on any atom is -0.840 e. The van der Waals surface area contributed by atoms with Gasteiger partial charge in [-0.3, -0.25) is 14.5 Å². The van der Waals surface area contributed by atoms with E-state index in [1.54, 1.807) is 30.5 Å². The molecule has 14 nitrogen and oxygen atoms in total. The molecule has 4 heterocycles. The summed E-state index contributed by atoms with van der Waals surface area (Å²) >= 11 is 0. The number of hydrogen-bond donors (Lipinski definition) is 2. The number of carbonyl (C=O) groups excluding carboxylic acids is 2. The van der Waals surface area contributed by atoms with Crippen molar-refractivity contribution in [2.45, 2.75) is 25.0 Å². The number of carbonyl (C=O) groups is 2. The molecule has 1 aliphatic heterocycles. The second-order valence-electron chi connectivity index (χ2n) is 8.68. The zero-order valence-corrected chi connectivity index (χ0v) is 20.2. The molecule has 1 aromatic carbocycles. The predicted molar refractivity (Wildman–Crippen MR) is 128 cm³/mol. The van der Waals surface area contributed by atoms with Crippen molar-refractivity contribution in [1.29, 1.82) is 0 Å². The summed E-state index contributed by atoms with van der Waals surface area (Å²) < 4.78 is 17.4. The standard InChI is InChI=1S/C23H23N8O6/c1-22(34,20(32)26-13-4-5-15-16(10-13)37-29-19(15)24)23(2)21(33)30(8-9-36-23)17-6-7-31(28-17)14-11-18(35-3)27-25-12-14/h4-7,10-12H,8-9H2,1-3H3,(H2,24,29)(H,26,32)/q-1/t22-,23-/m0/s1. The van der Waals surface area contributed by atoms with Gasteiger partial charge in [-0.25, -0.2) is 4.68 Å². The fourth-order valence-electron chi connectivity index (χ4n) is 3.99. The number of anilines is 3. The number of ether oxygens (including phenoxy) is 2. The molecule has 0 unspecified atom stereocenters. The molecule has 1 fully saturated rings. The zero-order chi connectivity index (χ0) is 26.4. The van der Waals surface area contributed by atoms with Crippen LogP contribution in [0.3, 0.4) is 0 Å². The van der Waals surface area contributed by atoms with E-state index >= 15 is 0 Å². The van der Waals surface area contributed by atoms with E-state index < -0.39 is 23.0 Å². The van der Waals surface area contributed by atoms with Crippen LogP contribution in [0, 0.1) is 0 Å². The van der Waals surface area contributed by atoms with E-state index in [1.807, 2.05) is 0 Å². The van der Waals surface area contributed by atoms with Crippen LogP contribution in [-0.4, -0.2) is 68.4 Å². The largest absolute Gasteiger partial charge is 0.840 e. The van der Waals surface area contributed by atoms with Crippen LogP contribution in [0.15, 0.2) is 47.2 Å². The van der Waals surface area contributed by atoms with Crippen molar-refractivity contribution in [3.63, 3.8) is 0 Å². The Hall–Kier alpha value is -4.56. The van der Waals surface area contributed by atoms with E-state index in [0.717, 1.165) is 6.92 Å². The maximum Gasteiger partial charge on any atom is 0.259 e. The Kier molecular flexibility index (Phi) is 5.76. The van der Waals surface area contributed by atoms with Crippen LogP contribution in [0.5, 0.6) is 5.88 Å². The number of nitrogens with one attached hydrogen (secondary N) is 1. The third-order valence-electron chi connectivity index (χ3n) is 6.40. The summed E-state index contributed by atoms with van der Waals surface area (Å²) in [4.78, 5) is 28.0. The summed E-state index contributed by atoms with van der Waals surface area (Å²) in [5.74, 6) is -0.876. The molecule has 2 atom stereocenters. The van der Waals surface area contributed by atoms with Crippen molar-refractivity contribution in [2.24, 2.45) is 0 Å². The molecule has 37 heavy (non-hydrogen) atoms. The Bertz CT molecular complexity index is 1500. The number of nitrogens with zero attached hydrogens (tertiary/aromatic N) is 6. The molecule has 5 rings (SSSR count). The van der Waals surface area contributed by atoms with Crippen LogP contribution in [0.2, 0.25) is 0 Å². The quantitative estimate of drug-likeness (QED) is 0.365. The smallest absolute Gasteiger partial charge is 0.259 e. The van der Waals surface area contributed by atoms with Crippen LogP contribution < -0.4 is 25.8 Å². The molecule has 3 N–H and O–H groups in total. The fraction of sp³-hybridized carbons (Fsp3) is 0.304. The van der Waals surface area contributed by atoms with Crippen molar-refractivity contribution in [2.75, 3.05) is 36.2 Å². The molecule has 192 valence electrons. The molecule has 1 aliphatic rings. The third-order valence-corrected chi connectivity index (χ3v) is 6.40. The van der Waals surface area contributed by atoms with E-state index in [9.17, 15) is 14.7 Å². The van der Waals surface area contributed by atoms with Gasteiger partial charge in [0.2, 0.25) is 11.8 Å². The van der Waals surface area contributed by atoms with Crippen LogP contribution in [0.1, 0.15) is 13.8 Å². The van der Waals surface area contributed by atoms with Crippen LogP contribution in [0.25, 0.3) is 16.7 Å². The highest BCUT2D eigenvalue weighted by Gasteiger charge is 2.52. The monoisotopic (exact) mass is 507 g/mol. The lowest BCUT2D eigenvalue weighted by molar-refractivity contribution is -0.481. The number of aromatic nitrogens is 5. The summed E-state index contributed by atoms with van der Waals surface area (Å²) in [6.45, 7) is 2.59. The van der Waals surface area contributed by atoms with Crippen LogP contribution in [0.4, 0.5) is 17.3 Å². The lowest BCUT2D eigenvalue weighted by Gasteiger charge is -2.52. The Labute approximate surface area is 209 Å². The Balaban J connectivity index is 1.38. The van der Waals surface area contributed by atoms with Gasteiger partial charge in [0.25, 0.3) is 5.91 Å². The van der Waals surface area contributed by atoms with Gasteiger partial charge >= 0.3 is 0 Å². The van der Waals surface area contributed by atoms with E-state index in [1.165, 1.54) is 35.9 Å². The number of nitrogen functional groups attached to an aromatic ring is 1. The number of amides is 2. The van der Waals surface area contributed by atoms with Crippen LogP contribution >= 0.6 is 0 Å². The van der Waals surface area contributed by atoms with E-state index in [-0.39, 0.29) is 30.5 Å². The molecule has 0 radical (unpaired) electrons. The molecule has 0 saturated carbocycles. The summed E-state index contributed by atoms with van der Waals surface area (Å²) in [7, 11) is 1.47. The second-order valence-corrected chi connectivity index (χ2v) is 8.68. The summed E-state index contributed by atoms with van der Waals surface area (Å²) in [6.07, 6.45) is 3.11. The van der Waals surface area contributed by atoms with Crippen molar-refractivity contribution in [3.05, 3.63) is 42.7 Å². The number of morpholine rings is 1. The minimum absolute atomic E-state index is 0.0220. The fourth-order valence-corrected chi connectivity index (χ4v) is 3.99. The SMILES string of the molecule is COc1cc(-n2ccc(N3CCO[C@](C)([C@@](C)([O-])C(=O)Nc4ccc5c(N)noc5c4)C3=O)n2)cnn1.